The Kier molecular flexibility index (Phi) is 5.47. The summed E-state index contributed by atoms with van der Waals surface area (Å²) in [5.74, 6) is -0.809. The number of benzene rings is 2. The van der Waals surface area contributed by atoms with Crippen molar-refractivity contribution in [2.45, 2.75) is 0 Å². The van der Waals surface area contributed by atoms with Gasteiger partial charge in [-0.2, -0.15) is 0 Å². The number of carbonyl (C=O) groups excluding carboxylic acids is 1. The number of nitrogens with one attached hydrogen (secondary N) is 2. The van der Waals surface area contributed by atoms with Gasteiger partial charge in [0.25, 0.3) is 5.91 Å². The number of hydrogen-bond acceptors (Lipinski definition) is 6. The first-order valence-corrected chi connectivity index (χ1v) is 9.92. The predicted molar refractivity (Wildman–Crippen MR) is 113 cm³/mol. The van der Waals surface area contributed by atoms with E-state index in [1.807, 2.05) is 12.1 Å². The lowest BCUT2D eigenvalue weighted by Crippen LogP contribution is -2.36. The molecule has 2 N–H and O–H groups in total. The fourth-order valence-electron chi connectivity index (χ4n) is 2.89. The quantitative estimate of drug-likeness (QED) is 0.638. The number of rotatable bonds is 3. The standard InChI is InChI=1S/C19H17FN4O2S2/c20-13-3-1-12(2-4-13)17(25)22-18(27)23-19-21-15-6-5-14(11-16(15)28-19)24-7-9-26-10-8-24/h1-6,11H,7-10H2,(H2,21,22,23,25,27). The van der Waals surface area contributed by atoms with Crippen molar-refractivity contribution in [1.29, 1.82) is 0 Å². The molecule has 1 saturated heterocycles. The van der Waals surface area contributed by atoms with Crippen molar-refractivity contribution in [3.8, 4) is 0 Å². The molecule has 1 amide bonds. The lowest BCUT2D eigenvalue weighted by molar-refractivity contribution is 0.0977. The number of anilines is 2. The van der Waals surface area contributed by atoms with E-state index in [9.17, 15) is 9.18 Å². The van der Waals surface area contributed by atoms with Gasteiger partial charge in [0.1, 0.15) is 5.82 Å². The molecule has 0 atom stereocenters. The van der Waals surface area contributed by atoms with Crippen molar-refractivity contribution < 1.29 is 13.9 Å². The first kappa shape index (κ1) is 18.7. The summed E-state index contributed by atoms with van der Waals surface area (Å²) >= 11 is 6.66. The van der Waals surface area contributed by atoms with Gasteiger partial charge < -0.3 is 15.0 Å². The average Bonchev–Trinajstić information content (AvgIpc) is 3.10. The maximum absolute atomic E-state index is 13.0. The van der Waals surface area contributed by atoms with Crippen LogP contribution in [0.3, 0.4) is 0 Å². The summed E-state index contributed by atoms with van der Waals surface area (Å²) in [6, 6.07) is 11.4. The van der Waals surface area contributed by atoms with Crippen LogP contribution in [0.1, 0.15) is 10.4 Å². The van der Waals surface area contributed by atoms with Gasteiger partial charge in [-0.1, -0.05) is 11.3 Å². The molecule has 0 aliphatic carbocycles. The Bertz CT molecular complexity index is 1020. The van der Waals surface area contributed by atoms with E-state index in [1.54, 1.807) is 0 Å². The van der Waals surface area contributed by atoms with Crippen LogP contribution in [0.25, 0.3) is 10.2 Å². The molecule has 0 saturated carbocycles. The van der Waals surface area contributed by atoms with Gasteiger partial charge in [-0.15, -0.1) is 0 Å². The molecule has 0 radical (unpaired) electrons. The van der Waals surface area contributed by atoms with E-state index >= 15 is 0 Å². The van der Waals surface area contributed by atoms with E-state index in [4.69, 9.17) is 17.0 Å². The molecule has 2 heterocycles. The van der Waals surface area contributed by atoms with E-state index in [0.29, 0.717) is 10.7 Å². The molecule has 4 rings (SSSR count). The highest BCUT2D eigenvalue weighted by atomic mass is 32.1. The van der Waals surface area contributed by atoms with Crippen LogP contribution < -0.4 is 15.5 Å². The Hall–Kier alpha value is -2.62. The Morgan fingerprint density at radius 1 is 1.18 bits per heavy atom. The van der Waals surface area contributed by atoms with Crippen molar-refractivity contribution >= 4 is 55.6 Å². The van der Waals surface area contributed by atoms with Crippen LogP contribution in [0.5, 0.6) is 0 Å². The Labute approximate surface area is 170 Å². The number of thiazole rings is 1. The van der Waals surface area contributed by atoms with Crippen LogP contribution in [-0.2, 0) is 4.74 Å². The minimum Gasteiger partial charge on any atom is -0.378 e. The second-order valence-corrected chi connectivity index (χ2v) is 7.62. The zero-order valence-electron chi connectivity index (χ0n) is 14.8. The van der Waals surface area contributed by atoms with Crippen LogP contribution in [0, 0.1) is 5.82 Å². The van der Waals surface area contributed by atoms with Gasteiger partial charge in [0.05, 0.1) is 23.4 Å². The number of halogens is 1. The fourth-order valence-corrected chi connectivity index (χ4v) is 4.05. The Balaban J connectivity index is 1.43. The lowest BCUT2D eigenvalue weighted by Gasteiger charge is -2.28. The molecule has 1 aliphatic rings. The van der Waals surface area contributed by atoms with Crippen molar-refractivity contribution in [2.75, 3.05) is 36.5 Å². The normalized spacial score (nSPS) is 14.1. The third kappa shape index (κ3) is 4.27. The van der Waals surface area contributed by atoms with Gasteiger partial charge in [-0.3, -0.25) is 10.1 Å². The molecule has 28 heavy (non-hydrogen) atoms. The molecular weight excluding hydrogens is 399 g/mol. The van der Waals surface area contributed by atoms with Crippen LogP contribution in [0.4, 0.5) is 15.2 Å². The number of carbonyl (C=O) groups is 1. The van der Waals surface area contributed by atoms with Gasteiger partial charge in [-0.05, 0) is 54.7 Å². The summed E-state index contributed by atoms with van der Waals surface area (Å²) in [5.41, 5.74) is 2.32. The third-order valence-electron chi connectivity index (χ3n) is 4.30. The lowest BCUT2D eigenvalue weighted by atomic mass is 10.2. The molecule has 144 valence electrons. The average molecular weight is 417 g/mol. The van der Waals surface area contributed by atoms with E-state index in [1.165, 1.54) is 35.6 Å². The molecule has 3 aromatic rings. The number of ether oxygens (including phenoxy) is 1. The second-order valence-electron chi connectivity index (χ2n) is 6.19. The highest BCUT2D eigenvalue weighted by Crippen LogP contribution is 2.30. The number of aromatic nitrogens is 1. The van der Waals surface area contributed by atoms with Crippen molar-refractivity contribution in [1.82, 2.24) is 10.3 Å². The van der Waals surface area contributed by atoms with Gasteiger partial charge in [0, 0.05) is 24.3 Å². The highest BCUT2D eigenvalue weighted by Gasteiger charge is 2.14. The smallest absolute Gasteiger partial charge is 0.257 e. The summed E-state index contributed by atoms with van der Waals surface area (Å²) in [5, 5.41) is 6.25. The molecule has 0 spiro atoms. The molecule has 1 fully saturated rings. The monoisotopic (exact) mass is 416 g/mol. The predicted octanol–water partition coefficient (Wildman–Crippen LogP) is 3.40. The summed E-state index contributed by atoms with van der Waals surface area (Å²) < 4.78 is 19.4. The summed E-state index contributed by atoms with van der Waals surface area (Å²) in [4.78, 5) is 18.9. The van der Waals surface area contributed by atoms with Crippen LogP contribution >= 0.6 is 23.6 Å². The number of hydrogen-bond donors (Lipinski definition) is 2. The highest BCUT2D eigenvalue weighted by molar-refractivity contribution is 7.80. The topological polar surface area (TPSA) is 66.5 Å². The van der Waals surface area contributed by atoms with Crippen LogP contribution in [0.15, 0.2) is 42.5 Å². The Morgan fingerprint density at radius 2 is 1.93 bits per heavy atom. The van der Waals surface area contributed by atoms with Gasteiger partial charge in [-0.25, -0.2) is 9.37 Å². The summed E-state index contributed by atoms with van der Waals surface area (Å²) in [7, 11) is 0. The third-order valence-corrected chi connectivity index (χ3v) is 5.44. The summed E-state index contributed by atoms with van der Waals surface area (Å²) in [6.45, 7) is 3.20. The molecule has 0 unspecified atom stereocenters. The van der Waals surface area contributed by atoms with Gasteiger partial charge >= 0.3 is 0 Å². The fraction of sp³-hybridized carbons (Fsp3) is 0.211. The summed E-state index contributed by atoms with van der Waals surface area (Å²) in [6.07, 6.45) is 0. The van der Waals surface area contributed by atoms with E-state index in [0.717, 1.165) is 42.2 Å². The number of morpholine rings is 1. The van der Waals surface area contributed by atoms with Crippen LogP contribution in [0.2, 0.25) is 0 Å². The number of amides is 1. The maximum Gasteiger partial charge on any atom is 0.257 e. The van der Waals surface area contributed by atoms with Gasteiger partial charge in [0.2, 0.25) is 0 Å². The second kappa shape index (κ2) is 8.17. The minimum absolute atomic E-state index is 0.141. The Morgan fingerprint density at radius 3 is 2.68 bits per heavy atom. The number of nitrogens with zero attached hydrogens (tertiary/aromatic N) is 2. The maximum atomic E-state index is 13.0. The van der Waals surface area contributed by atoms with E-state index < -0.39 is 11.7 Å². The molecule has 6 nitrogen and oxygen atoms in total. The van der Waals surface area contributed by atoms with Gasteiger partial charge in [0.15, 0.2) is 10.2 Å². The largest absolute Gasteiger partial charge is 0.378 e. The SMILES string of the molecule is O=C(NC(=S)Nc1nc2ccc(N3CCOCC3)cc2s1)c1ccc(F)cc1. The zero-order valence-corrected chi connectivity index (χ0v) is 16.4. The molecule has 9 heteroatoms. The zero-order chi connectivity index (χ0) is 19.5. The van der Waals surface area contributed by atoms with Crippen LogP contribution in [-0.4, -0.2) is 42.3 Å². The van der Waals surface area contributed by atoms with Crippen molar-refractivity contribution in [3.05, 3.63) is 53.8 Å². The number of fused-ring (bicyclic) bond motifs is 1. The molecule has 1 aromatic heterocycles. The first-order chi connectivity index (χ1) is 13.6. The van der Waals surface area contributed by atoms with E-state index in [-0.39, 0.29) is 5.11 Å². The van der Waals surface area contributed by atoms with E-state index in [2.05, 4.69) is 26.6 Å². The molecule has 0 bridgehead atoms. The molecule has 2 aromatic carbocycles. The van der Waals surface area contributed by atoms with Crippen molar-refractivity contribution in [2.24, 2.45) is 0 Å². The minimum atomic E-state index is -0.409. The molecule has 1 aliphatic heterocycles. The molecular formula is C19H17FN4O2S2. The first-order valence-electron chi connectivity index (χ1n) is 8.70. The van der Waals surface area contributed by atoms with Crippen molar-refractivity contribution in [3.63, 3.8) is 0 Å². The number of thiocarbonyl (C=S) groups is 1.